The van der Waals surface area contributed by atoms with Gasteiger partial charge in [-0.25, -0.2) is 9.37 Å². The van der Waals surface area contributed by atoms with Gasteiger partial charge in [0.05, 0.1) is 5.60 Å². The van der Waals surface area contributed by atoms with Gasteiger partial charge in [-0.1, -0.05) is 25.4 Å². The van der Waals surface area contributed by atoms with E-state index in [2.05, 4.69) is 4.98 Å². The Labute approximate surface area is 125 Å². The highest BCUT2D eigenvalue weighted by Crippen LogP contribution is 2.31. The molecular formula is C13H16ClF4NO2. The van der Waals surface area contributed by atoms with Gasteiger partial charge >= 0.3 is 6.18 Å². The lowest BCUT2D eigenvalue weighted by Gasteiger charge is -2.24. The summed E-state index contributed by atoms with van der Waals surface area (Å²) in [6.07, 6.45) is -5.11. The second-order valence-corrected chi connectivity index (χ2v) is 4.56. The molecule has 0 aliphatic rings. The standard InChI is InChI=1S/C11H10ClF4NO2.C2H6/c1-10(2,19-3)5-4-6(8(18)11(14,15)16)17-9(12)7(5)13;1-2/h4H,1-3H3;1-2H3. The first-order valence-electron chi connectivity index (χ1n) is 6.04. The van der Waals surface area contributed by atoms with Crippen LogP contribution in [0.5, 0.6) is 0 Å². The molecule has 3 nitrogen and oxygen atoms in total. The van der Waals surface area contributed by atoms with Gasteiger partial charge in [-0.3, -0.25) is 4.79 Å². The second-order valence-electron chi connectivity index (χ2n) is 4.20. The van der Waals surface area contributed by atoms with Crippen LogP contribution in [-0.4, -0.2) is 24.1 Å². The van der Waals surface area contributed by atoms with E-state index >= 15 is 0 Å². The third kappa shape index (κ3) is 4.64. The van der Waals surface area contributed by atoms with Crippen molar-refractivity contribution in [2.75, 3.05) is 7.11 Å². The molecule has 0 fully saturated rings. The first-order valence-corrected chi connectivity index (χ1v) is 6.41. The van der Waals surface area contributed by atoms with E-state index in [-0.39, 0.29) is 5.56 Å². The predicted molar refractivity (Wildman–Crippen MR) is 71.0 cm³/mol. The molecule has 0 aromatic carbocycles. The monoisotopic (exact) mass is 329 g/mol. The van der Waals surface area contributed by atoms with Gasteiger partial charge in [-0.05, 0) is 19.9 Å². The summed E-state index contributed by atoms with van der Waals surface area (Å²) >= 11 is 5.41. The topological polar surface area (TPSA) is 39.2 Å². The summed E-state index contributed by atoms with van der Waals surface area (Å²) in [5.74, 6) is -3.21. The average Bonchev–Trinajstić information content (AvgIpc) is 2.41. The van der Waals surface area contributed by atoms with Gasteiger partial charge in [0.2, 0.25) is 0 Å². The van der Waals surface area contributed by atoms with Crippen molar-refractivity contribution in [3.63, 3.8) is 0 Å². The first kappa shape index (κ1) is 19.8. The number of alkyl halides is 3. The SMILES string of the molecule is CC.COC(C)(C)c1cc(C(=O)C(F)(F)F)nc(Cl)c1F. The summed E-state index contributed by atoms with van der Waals surface area (Å²) < 4.78 is 55.7. The number of methoxy groups -OCH3 is 1. The van der Waals surface area contributed by atoms with Crippen molar-refractivity contribution in [3.8, 4) is 0 Å². The maximum Gasteiger partial charge on any atom is 0.456 e. The number of hydrogen-bond donors (Lipinski definition) is 0. The Balaban J connectivity index is 0.00000191. The number of halogens is 5. The van der Waals surface area contributed by atoms with Crippen molar-refractivity contribution in [1.29, 1.82) is 0 Å². The number of Topliss-reactive ketones (excluding diaryl/α,β-unsaturated/α-hetero) is 1. The summed E-state index contributed by atoms with van der Waals surface area (Å²) in [6.45, 7) is 6.84. The Bertz CT molecular complexity index is 516. The predicted octanol–water partition coefficient (Wildman–Crippen LogP) is 4.53. The van der Waals surface area contributed by atoms with Crippen LogP contribution in [0.4, 0.5) is 17.6 Å². The lowest BCUT2D eigenvalue weighted by Crippen LogP contribution is -2.27. The van der Waals surface area contributed by atoms with Crippen LogP contribution >= 0.6 is 11.6 Å². The van der Waals surface area contributed by atoms with Gasteiger partial charge in [0.25, 0.3) is 5.78 Å². The molecule has 0 aliphatic carbocycles. The van der Waals surface area contributed by atoms with Gasteiger partial charge in [0.15, 0.2) is 11.0 Å². The van der Waals surface area contributed by atoms with E-state index in [1.165, 1.54) is 21.0 Å². The third-order valence-corrected chi connectivity index (χ3v) is 2.82. The van der Waals surface area contributed by atoms with Crippen LogP contribution in [0.1, 0.15) is 43.7 Å². The van der Waals surface area contributed by atoms with Crippen LogP contribution in [-0.2, 0) is 10.3 Å². The molecule has 120 valence electrons. The first-order chi connectivity index (χ1) is 9.50. The molecule has 0 bridgehead atoms. The minimum atomic E-state index is -5.11. The van der Waals surface area contributed by atoms with Gasteiger partial charge < -0.3 is 4.74 Å². The zero-order valence-electron chi connectivity index (χ0n) is 12.2. The lowest BCUT2D eigenvalue weighted by atomic mass is 9.97. The van der Waals surface area contributed by atoms with E-state index in [1.807, 2.05) is 13.8 Å². The van der Waals surface area contributed by atoms with Gasteiger partial charge in [-0.2, -0.15) is 13.2 Å². The molecule has 0 unspecified atom stereocenters. The molecule has 21 heavy (non-hydrogen) atoms. The molecule has 0 N–H and O–H groups in total. The fraction of sp³-hybridized carbons (Fsp3) is 0.538. The average molecular weight is 330 g/mol. The lowest BCUT2D eigenvalue weighted by molar-refractivity contribution is -0.0888. The van der Waals surface area contributed by atoms with Crippen LogP contribution in [0.25, 0.3) is 0 Å². The number of rotatable bonds is 3. The molecule has 8 heteroatoms. The van der Waals surface area contributed by atoms with E-state index < -0.39 is 34.2 Å². The molecule has 1 rings (SSSR count). The minimum absolute atomic E-state index is 0.275. The van der Waals surface area contributed by atoms with Gasteiger partial charge in [0.1, 0.15) is 5.69 Å². The van der Waals surface area contributed by atoms with Crippen LogP contribution in [0, 0.1) is 5.82 Å². The van der Waals surface area contributed by atoms with Crippen molar-refractivity contribution in [3.05, 3.63) is 28.3 Å². The normalized spacial score (nSPS) is 11.7. The molecule has 0 spiro atoms. The maximum atomic E-state index is 13.8. The Kier molecular flexibility index (Phi) is 6.76. The zero-order chi connectivity index (χ0) is 17.0. The Morgan fingerprint density at radius 2 is 1.76 bits per heavy atom. The number of pyridine rings is 1. The fourth-order valence-electron chi connectivity index (χ4n) is 1.31. The molecule has 1 heterocycles. The second kappa shape index (κ2) is 7.17. The van der Waals surface area contributed by atoms with Gasteiger partial charge in [0, 0.05) is 12.7 Å². The Morgan fingerprint density at radius 1 is 1.29 bits per heavy atom. The summed E-state index contributed by atoms with van der Waals surface area (Å²) in [7, 11) is 1.25. The number of nitrogens with zero attached hydrogens (tertiary/aromatic N) is 1. The fourth-order valence-corrected chi connectivity index (χ4v) is 1.50. The highest BCUT2D eigenvalue weighted by atomic mass is 35.5. The Hall–Kier alpha value is -1.21. The van der Waals surface area contributed by atoms with Crippen LogP contribution in [0.2, 0.25) is 5.15 Å². The van der Waals surface area contributed by atoms with Crippen LogP contribution in [0.15, 0.2) is 6.07 Å². The maximum absolute atomic E-state index is 13.8. The van der Waals surface area contributed by atoms with E-state index in [4.69, 9.17) is 16.3 Å². The molecule has 0 radical (unpaired) electrons. The molecule has 1 aromatic rings. The van der Waals surface area contributed by atoms with E-state index in [9.17, 15) is 22.4 Å². The summed E-state index contributed by atoms with van der Waals surface area (Å²) in [5.41, 5.74) is -2.50. The van der Waals surface area contributed by atoms with E-state index in [0.29, 0.717) is 6.07 Å². The number of hydrogen-bond acceptors (Lipinski definition) is 3. The van der Waals surface area contributed by atoms with Crippen molar-refractivity contribution in [2.24, 2.45) is 0 Å². The number of aromatic nitrogens is 1. The highest BCUT2D eigenvalue weighted by Gasteiger charge is 2.41. The minimum Gasteiger partial charge on any atom is -0.374 e. The Morgan fingerprint density at radius 3 is 2.14 bits per heavy atom. The molecule has 0 amide bonds. The number of ketones is 1. The summed E-state index contributed by atoms with van der Waals surface area (Å²) in [5, 5.41) is -0.810. The van der Waals surface area contributed by atoms with Crippen molar-refractivity contribution < 1.29 is 27.1 Å². The molecule has 1 aromatic heterocycles. The molecule has 0 saturated carbocycles. The highest BCUT2D eigenvalue weighted by molar-refractivity contribution is 6.29. The number of carbonyl (C=O) groups excluding carboxylic acids is 1. The zero-order valence-corrected chi connectivity index (χ0v) is 13.0. The summed E-state index contributed by atoms with van der Waals surface area (Å²) in [4.78, 5) is 14.2. The van der Waals surface area contributed by atoms with Crippen molar-refractivity contribution in [1.82, 2.24) is 4.98 Å². The van der Waals surface area contributed by atoms with Crippen LogP contribution < -0.4 is 0 Å². The number of carbonyl (C=O) groups is 1. The smallest absolute Gasteiger partial charge is 0.374 e. The van der Waals surface area contributed by atoms with Crippen LogP contribution in [0.3, 0.4) is 0 Å². The molecular weight excluding hydrogens is 314 g/mol. The van der Waals surface area contributed by atoms with E-state index in [0.717, 1.165) is 0 Å². The van der Waals surface area contributed by atoms with Gasteiger partial charge in [-0.15, -0.1) is 0 Å². The van der Waals surface area contributed by atoms with Crippen molar-refractivity contribution >= 4 is 17.4 Å². The van der Waals surface area contributed by atoms with E-state index in [1.54, 1.807) is 0 Å². The molecule has 0 saturated heterocycles. The number of ether oxygens (including phenoxy) is 1. The largest absolute Gasteiger partial charge is 0.456 e. The third-order valence-electron chi connectivity index (χ3n) is 2.57. The summed E-state index contributed by atoms with van der Waals surface area (Å²) in [6, 6.07) is 0.695. The molecule has 0 aliphatic heterocycles. The van der Waals surface area contributed by atoms with Crippen molar-refractivity contribution in [2.45, 2.75) is 39.5 Å². The quantitative estimate of drug-likeness (QED) is 0.465. The molecule has 0 atom stereocenters.